The molecule has 0 amide bonds. The normalized spacial score (nSPS) is 27.6. The van der Waals surface area contributed by atoms with Crippen molar-refractivity contribution in [3.8, 4) is 5.75 Å². The average Bonchev–Trinajstić information content (AvgIpc) is 3.11. The van der Waals surface area contributed by atoms with Gasteiger partial charge in [0.2, 0.25) is 0 Å². The molecule has 0 spiro atoms. The maximum atomic E-state index is 13.9. The van der Waals surface area contributed by atoms with Crippen LogP contribution in [0, 0.1) is 17.7 Å². The maximum absolute atomic E-state index is 13.9. The summed E-state index contributed by atoms with van der Waals surface area (Å²) in [6, 6.07) is 13.0. The predicted octanol–water partition coefficient (Wildman–Crippen LogP) is 3.03. The molecule has 0 unspecified atom stereocenters. The lowest BCUT2D eigenvalue weighted by Gasteiger charge is -2.26. The molecule has 0 radical (unpaired) electrons. The quantitative estimate of drug-likeness (QED) is 0.796. The van der Waals surface area contributed by atoms with Gasteiger partial charge in [0, 0.05) is 25.1 Å². The van der Waals surface area contributed by atoms with E-state index in [0.717, 1.165) is 13.1 Å². The Bertz CT molecular complexity index is 822. The number of rotatable bonds is 5. The monoisotopic (exact) mass is 369 g/mol. The van der Waals surface area contributed by atoms with Crippen LogP contribution in [0.4, 0.5) is 4.39 Å². The van der Waals surface area contributed by atoms with Gasteiger partial charge in [-0.05, 0) is 60.6 Å². The summed E-state index contributed by atoms with van der Waals surface area (Å²) in [6.45, 7) is 1.92. The number of likely N-dealkylation sites (tertiary alicyclic amines) is 1. The van der Waals surface area contributed by atoms with Crippen LogP contribution in [0.5, 0.6) is 5.75 Å². The lowest BCUT2D eigenvalue weighted by atomic mass is 9.91. The van der Waals surface area contributed by atoms with Crippen LogP contribution in [0.2, 0.25) is 0 Å². The molecule has 27 heavy (non-hydrogen) atoms. The third-order valence-electron chi connectivity index (χ3n) is 5.97. The first-order valence-corrected chi connectivity index (χ1v) is 9.42. The van der Waals surface area contributed by atoms with Crippen molar-refractivity contribution in [1.29, 1.82) is 0 Å². The minimum Gasteiger partial charge on any atom is -0.508 e. The second-order valence-corrected chi connectivity index (χ2v) is 8.09. The first kappa shape index (κ1) is 18.1. The lowest BCUT2D eigenvalue weighted by Crippen LogP contribution is -2.34. The van der Waals surface area contributed by atoms with Gasteiger partial charge in [0.1, 0.15) is 11.6 Å². The van der Waals surface area contributed by atoms with Crippen molar-refractivity contribution in [2.45, 2.75) is 24.9 Å². The van der Waals surface area contributed by atoms with E-state index in [1.165, 1.54) is 18.2 Å². The van der Waals surface area contributed by atoms with Gasteiger partial charge in [-0.3, -0.25) is 9.69 Å². The van der Waals surface area contributed by atoms with Crippen LogP contribution in [0.25, 0.3) is 0 Å². The molecule has 1 aliphatic heterocycles. The van der Waals surface area contributed by atoms with E-state index in [-0.39, 0.29) is 17.3 Å². The Morgan fingerprint density at radius 1 is 1.07 bits per heavy atom. The standard InChI is InChI=1S/C22H24FNO3/c23-20-4-2-1-3-16(20)9-22(27)10-17-12-24(13-18(17)11-22)14-21(26)15-5-7-19(25)8-6-15/h1-8,17-18,25,27H,9-14H2/t17-,18+,22+. The van der Waals surface area contributed by atoms with E-state index in [0.29, 0.717) is 48.8 Å². The molecule has 0 bridgehead atoms. The highest BCUT2D eigenvalue weighted by Gasteiger charge is 2.48. The van der Waals surface area contributed by atoms with Gasteiger partial charge in [-0.2, -0.15) is 0 Å². The highest BCUT2D eigenvalue weighted by molar-refractivity contribution is 5.97. The molecule has 1 aliphatic carbocycles. The number of nitrogens with zero attached hydrogens (tertiary/aromatic N) is 1. The molecule has 4 rings (SSSR count). The number of carbonyl (C=O) groups is 1. The number of phenols is 1. The zero-order valence-corrected chi connectivity index (χ0v) is 15.1. The van der Waals surface area contributed by atoms with E-state index in [1.807, 2.05) is 0 Å². The number of hydrogen-bond donors (Lipinski definition) is 2. The van der Waals surface area contributed by atoms with Gasteiger partial charge in [-0.25, -0.2) is 4.39 Å². The van der Waals surface area contributed by atoms with Crippen molar-refractivity contribution in [3.05, 3.63) is 65.5 Å². The van der Waals surface area contributed by atoms with Gasteiger partial charge in [-0.1, -0.05) is 18.2 Å². The van der Waals surface area contributed by atoms with E-state index in [4.69, 9.17) is 0 Å². The predicted molar refractivity (Wildman–Crippen MR) is 100 cm³/mol. The molecule has 1 saturated heterocycles. The van der Waals surface area contributed by atoms with Crippen molar-refractivity contribution in [2.75, 3.05) is 19.6 Å². The van der Waals surface area contributed by atoms with Crippen LogP contribution in [-0.4, -0.2) is 46.1 Å². The van der Waals surface area contributed by atoms with Crippen molar-refractivity contribution < 1.29 is 19.4 Å². The largest absolute Gasteiger partial charge is 0.508 e. The molecule has 2 aromatic rings. The van der Waals surface area contributed by atoms with Crippen LogP contribution >= 0.6 is 0 Å². The van der Waals surface area contributed by atoms with Gasteiger partial charge in [-0.15, -0.1) is 0 Å². The summed E-state index contributed by atoms with van der Waals surface area (Å²) >= 11 is 0. The molecular formula is C22H24FNO3. The summed E-state index contributed by atoms with van der Waals surface area (Å²) < 4.78 is 13.9. The first-order chi connectivity index (χ1) is 12.9. The van der Waals surface area contributed by atoms with Gasteiger partial charge in [0.05, 0.1) is 12.1 Å². The molecule has 2 N–H and O–H groups in total. The molecule has 4 nitrogen and oxygen atoms in total. The summed E-state index contributed by atoms with van der Waals surface area (Å²) in [5.41, 5.74) is 0.310. The number of Topliss-reactive ketones (excluding diaryl/α,β-unsaturated/α-hetero) is 1. The Balaban J connectivity index is 1.34. The Kier molecular flexibility index (Phi) is 4.74. The summed E-state index contributed by atoms with van der Waals surface area (Å²) in [5.74, 6) is 0.612. The van der Waals surface area contributed by atoms with Crippen molar-refractivity contribution >= 4 is 5.78 Å². The number of fused-ring (bicyclic) bond motifs is 1. The van der Waals surface area contributed by atoms with Crippen LogP contribution < -0.4 is 0 Å². The fourth-order valence-corrected chi connectivity index (χ4v) is 4.77. The van der Waals surface area contributed by atoms with E-state index in [2.05, 4.69) is 4.90 Å². The number of phenolic OH excluding ortho intramolecular Hbond substituents is 1. The third-order valence-corrected chi connectivity index (χ3v) is 5.97. The van der Waals surface area contributed by atoms with E-state index in [1.54, 1.807) is 30.3 Å². The molecule has 2 fully saturated rings. The van der Waals surface area contributed by atoms with Gasteiger partial charge in [0.15, 0.2) is 5.78 Å². The highest BCUT2D eigenvalue weighted by atomic mass is 19.1. The Morgan fingerprint density at radius 2 is 1.70 bits per heavy atom. The fraction of sp³-hybridized carbons (Fsp3) is 0.409. The van der Waals surface area contributed by atoms with Crippen LogP contribution in [0.1, 0.15) is 28.8 Å². The Hall–Kier alpha value is -2.24. The third kappa shape index (κ3) is 3.89. The summed E-state index contributed by atoms with van der Waals surface area (Å²) in [4.78, 5) is 14.6. The van der Waals surface area contributed by atoms with Crippen molar-refractivity contribution in [3.63, 3.8) is 0 Å². The molecule has 5 heteroatoms. The van der Waals surface area contributed by atoms with E-state index in [9.17, 15) is 19.4 Å². The van der Waals surface area contributed by atoms with Crippen molar-refractivity contribution in [1.82, 2.24) is 4.90 Å². The first-order valence-electron chi connectivity index (χ1n) is 9.42. The Morgan fingerprint density at radius 3 is 2.33 bits per heavy atom. The highest BCUT2D eigenvalue weighted by Crippen LogP contribution is 2.45. The van der Waals surface area contributed by atoms with E-state index < -0.39 is 5.60 Å². The summed E-state index contributed by atoms with van der Waals surface area (Å²) in [6.07, 6.45) is 1.64. The van der Waals surface area contributed by atoms with Crippen LogP contribution in [0.3, 0.4) is 0 Å². The Labute approximate surface area is 158 Å². The van der Waals surface area contributed by atoms with Gasteiger partial charge >= 0.3 is 0 Å². The molecule has 142 valence electrons. The zero-order valence-electron chi connectivity index (χ0n) is 15.1. The molecule has 2 aromatic carbocycles. The van der Waals surface area contributed by atoms with Gasteiger partial charge in [0.25, 0.3) is 0 Å². The fourth-order valence-electron chi connectivity index (χ4n) is 4.77. The summed E-state index contributed by atoms with van der Waals surface area (Å²) in [5, 5.41) is 20.3. The number of ketones is 1. The summed E-state index contributed by atoms with van der Waals surface area (Å²) in [7, 11) is 0. The SMILES string of the molecule is O=C(CN1C[C@@H]2C[C@](O)(Cc3ccccc3F)C[C@@H]2C1)c1ccc(O)cc1. The van der Waals surface area contributed by atoms with Crippen LogP contribution in [0.15, 0.2) is 48.5 Å². The molecule has 0 aromatic heterocycles. The number of hydrogen-bond acceptors (Lipinski definition) is 4. The zero-order chi connectivity index (χ0) is 19.0. The van der Waals surface area contributed by atoms with E-state index >= 15 is 0 Å². The molecule has 1 heterocycles. The smallest absolute Gasteiger partial charge is 0.176 e. The second kappa shape index (κ2) is 7.06. The van der Waals surface area contributed by atoms with Crippen molar-refractivity contribution in [2.24, 2.45) is 11.8 Å². The molecule has 1 saturated carbocycles. The number of benzene rings is 2. The minimum absolute atomic E-state index is 0.0385. The molecule has 2 aliphatic rings. The molecule has 3 atom stereocenters. The number of aliphatic hydroxyl groups is 1. The topological polar surface area (TPSA) is 60.8 Å². The number of carbonyl (C=O) groups excluding carboxylic acids is 1. The maximum Gasteiger partial charge on any atom is 0.176 e. The molecular weight excluding hydrogens is 345 g/mol. The average molecular weight is 369 g/mol. The lowest BCUT2D eigenvalue weighted by molar-refractivity contribution is 0.0347. The number of halogens is 1. The number of aromatic hydroxyl groups is 1. The minimum atomic E-state index is -0.857. The van der Waals surface area contributed by atoms with Crippen LogP contribution in [-0.2, 0) is 6.42 Å². The second-order valence-electron chi connectivity index (χ2n) is 8.09. The van der Waals surface area contributed by atoms with Gasteiger partial charge < -0.3 is 10.2 Å².